The van der Waals surface area contributed by atoms with E-state index in [1.807, 2.05) is 30.3 Å². The topological polar surface area (TPSA) is 210 Å². The molecule has 8 rings (SSSR count). The molecule has 3 aliphatic rings. The number of likely N-dealkylation sites (tertiary alicyclic amines) is 1. The summed E-state index contributed by atoms with van der Waals surface area (Å²) in [6, 6.07) is 23.6. The van der Waals surface area contributed by atoms with Crippen LogP contribution in [0.4, 0.5) is 5.69 Å². The maximum Gasteiger partial charge on any atom is 0.267 e. The van der Waals surface area contributed by atoms with Crippen LogP contribution >= 0.6 is 0 Å². The Hall–Kier alpha value is -7.38. The first-order valence-electron chi connectivity index (χ1n) is 20.6. The smallest absolute Gasteiger partial charge is 0.267 e. The van der Waals surface area contributed by atoms with Crippen molar-refractivity contribution >= 4 is 35.2 Å². The van der Waals surface area contributed by atoms with Gasteiger partial charge in [0.05, 0.1) is 59.7 Å². The van der Waals surface area contributed by atoms with Gasteiger partial charge in [0.15, 0.2) is 11.6 Å². The van der Waals surface area contributed by atoms with E-state index in [-0.39, 0.29) is 54.1 Å². The van der Waals surface area contributed by atoms with Gasteiger partial charge >= 0.3 is 0 Å². The van der Waals surface area contributed by atoms with Gasteiger partial charge in [0.25, 0.3) is 17.4 Å². The first-order valence-corrected chi connectivity index (χ1v) is 20.6. The SMILES string of the molecule is N#Cc1cccc(-c2ccc(=O)n(Cc3cccc(-c4ncc(OCC5CCN(CCCCC(=O)Nc6cccc7c6C(=O)N(C6CCC(=O)NC6=O)C7=O)CC5)cn4)c3)n2)c1. The molecule has 2 fully saturated rings. The lowest BCUT2D eigenvalue weighted by atomic mass is 9.97. The number of amides is 5. The van der Waals surface area contributed by atoms with Gasteiger partial charge in [-0.15, -0.1) is 0 Å². The largest absolute Gasteiger partial charge is 0.490 e. The number of unbranched alkanes of at least 4 members (excludes halogenated alkanes) is 1. The summed E-state index contributed by atoms with van der Waals surface area (Å²) in [4.78, 5) is 88.4. The van der Waals surface area contributed by atoms with Crippen LogP contribution in [0.15, 0.2) is 96.1 Å². The van der Waals surface area contributed by atoms with Crippen molar-refractivity contribution in [1.82, 2.24) is 34.9 Å². The second-order valence-corrected chi connectivity index (χ2v) is 15.6. The minimum atomic E-state index is -1.08. The summed E-state index contributed by atoms with van der Waals surface area (Å²) < 4.78 is 7.48. The Morgan fingerprint density at radius 2 is 1.65 bits per heavy atom. The Kier molecular flexibility index (Phi) is 12.3. The highest BCUT2D eigenvalue weighted by molar-refractivity contribution is 6.26. The second kappa shape index (κ2) is 18.5. The number of ether oxygens (including phenoxy) is 1. The number of fused-ring (bicyclic) bond motifs is 1. The van der Waals surface area contributed by atoms with Crippen molar-refractivity contribution in [2.24, 2.45) is 5.92 Å². The molecule has 0 aliphatic carbocycles. The summed E-state index contributed by atoms with van der Waals surface area (Å²) in [5, 5.41) is 18.8. The number of imide groups is 2. The number of hydrogen-bond acceptors (Lipinski definition) is 12. The molecule has 0 bridgehead atoms. The summed E-state index contributed by atoms with van der Waals surface area (Å²) in [6.07, 6.45) is 7.07. The maximum absolute atomic E-state index is 13.3. The van der Waals surface area contributed by atoms with E-state index in [9.17, 15) is 34.0 Å². The molecule has 16 nitrogen and oxygen atoms in total. The molecular formula is C46H43N9O7. The molecular weight excluding hydrogens is 791 g/mol. The maximum atomic E-state index is 13.3. The molecule has 314 valence electrons. The van der Waals surface area contributed by atoms with Crippen molar-refractivity contribution in [3.63, 3.8) is 0 Å². The molecule has 2 aromatic heterocycles. The number of nitrogens with one attached hydrogen (secondary N) is 2. The Balaban J connectivity index is 0.754. The van der Waals surface area contributed by atoms with Crippen LogP contribution < -0.4 is 20.9 Å². The van der Waals surface area contributed by atoms with Gasteiger partial charge in [-0.3, -0.25) is 39.0 Å². The summed E-state index contributed by atoms with van der Waals surface area (Å²) in [5.74, 6) is -1.19. The van der Waals surface area contributed by atoms with Crippen LogP contribution in [-0.4, -0.2) is 91.4 Å². The van der Waals surface area contributed by atoms with E-state index in [4.69, 9.17) is 4.74 Å². The van der Waals surface area contributed by atoms with Crippen molar-refractivity contribution in [2.45, 2.75) is 57.5 Å². The number of hydrogen-bond donors (Lipinski definition) is 2. The highest BCUT2D eigenvalue weighted by atomic mass is 16.5. The molecule has 2 saturated heterocycles. The predicted molar refractivity (Wildman–Crippen MR) is 225 cm³/mol. The zero-order chi connectivity index (χ0) is 43.2. The number of benzene rings is 3. The number of anilines is 1. The van der Waals surface area contributed by atoms with Crippen LogP contribution in [0.5, 0.6) is 5.75 Å². The highest BCUT2D eigenvalue weighted by Crippen LogP contribution is 2.33. The fourth-order valence-corrected chi connectivity index (χ4v) is 8.03. The van der Waals surface area contributed by atoms with Crippen LogP contribution in [0.3, 0.4) is 0 Å². The first-order chi connectivity index (χ1) is 30.1. The number of nitrogens with zero attached hydrogens (tertiary/aromatic N) is 7. The van der Waals surface area contributed by atoms with Crippen LogP contribution in [0.25, 0.3) is 22.6 Å². The van der Waals surface area contributed by atoms with E-state index < -0.39 is 29.7 Å². The minimum Gasteiger partial charge on any atom is -0.490 e. The van der Waals surface area contributed by atoms with E-state index in [1.165, 1.54) is 16.8 Å². The summed E-state index contributed by atoms with van der Waals surface area (Å²) in [5.41, 5.74) is 3.67. The monoisotopic (exact) mass is 833 g/mol. The second-order valence-electron chi connectivity index (χ2n) is 15.6. The van der Waals surface area contributed by atoms with E-state index in [2.05, 4.69) is 36.7 Å². The van der Waals surface area contributed by atoms with Gasteiger partial charge in [0.1, 0.15) is 6.04 Å². The molecule has 16 heteroatoms. The van der Waals surface area contributed by atoms with Gasteiger partial charge in [0, 0.05) is 30.0 Å². The molecule has 0 radical (unpaired) electrons. The molecule has 0 spiro atoms. The van der Waals surface area contributed by atoms with E-state index in [0.717, 1.165) is 60.5 Å². The average molecular weight is 834 g/mol. The average Bonchev–Trinajstić information content (AvgIpc) is 3.54. The molecule has 1 atom stereocenters. The molecule has 5 heterocycles. The predicted octanol–water partition coefficient (Wildman–Crippen LogP) is 4.59. The molecule has 3 aromatic carbocycles. The van der Waals surface area contributed by atoms with Crippen LogP contribution in [-0.2, 0) is 20.9 Å². The van der Waals surface area contributed by atoms with Gasteiger partial charge in [-0.05, 0) is 99.6 Å². The lowest BCUT2D eigenvalue weighted by Gasteiger charge is -2.31. The molecule has 2 N–H and O–H groups in total. The molecule has 5 amide bonds. The number of carbonyl (C=O) groups excluding carboxylic acids is 5. The lowest BCUT2D eigenvalue weighted by molar-refractivity contribution is -0.136. The van der Waals surface area contributed by atoms with Crippen molar-refractivity contribution in [3.05, 3.63) is 124 Å². The minimum absolute atomic E-state index is 0.0259. The molecule has 1 unspecified atom stereocenters. The van der Waals surface area contributed by atoms with Crippen LogP contribution in [0.2, 0.25) is 0 Å². The number of rotatable bonds is 14. The third-order valence-electron chi connectivity index (χ3n) is 11.4. The molecule has 0 saturated carbocycles. The first kappa shape index (κ1) is 41.4. The van der Waals surface area contributed by atoms with Crippen LogP contribution in [0, 0.1) is 17.2 Å². The third-order valence-corrected chi connectivity index (χ3v) is 11.4. The molecule has 3 aliphatic heterocycles. The Morgan fingerprint density at radius 1 is 0.871 bits per heavy atom. The quantitative estimate of drug-likeness (QED) is 0.116. The normalized spacial score (nSPS) is 16.8. The van der Waals surface area contributed by atoms with E-state index >= 15 is 0 Å². The fraction of sp³-hybridized carbons (Fsp3) is 0.304. The van der Waals surface area contributed by atoms with Gasteiger partial charge < -0.3 is 15.0 Å². The van der Waals surface area contributed by atoms with Gasteiger partial charge in [0.2, 0.25) is 17.7 Å². The summed E-state index contributed by atoms with van der Waals surface area (Å²) >= 11 is 0. The van der Waals surface area contributed by atoms with Gasteiger partial charge in [-0.25, -0.2) is 14.6 Å². The zero-order valence-electron chi connectivity index (χ0n) is 33.8. The van der Waals surface area contributed by atoms with Crippen molar-refractivity contribution in [1.29, 1.82) is 5.26 Å². The lowest BCUT2D eigenvalue weighted by Crippen LogP contribution is -2.54. The third kappa shape index (κ3) is 9.33. The summed E-state index contributed by atoms with van der Waals surface area (Å²) in [7, 11) is 0. The number of carbonyl (C=O) groups is 5. The van der Waals surface area contributed by atoms with Crippen molar-refractivity contribution in [2.75, 3.05) is 31.6 Å². The fourth-order valence-electron chi connectivity index (χ4n) is 8.03. The zero-order valence-corrected chi connectivity index (χ0v) is 33.8. The molecule has 5 aromatic rings. The molecule has 62 heavy (non-hydrogen) atoms. The Morgan fingerprint density at radius 3 is 2.44 bits per heavy atom. The van der Waals surface area contributed by atoms with E-state index in [1.54, 1.807) is 48.8 Å². The Labute approximate surface area is 356 Å². The Bertz CT molecular complexity index is 2650. The van der Waals surface area contributed by atoms with Crippen LogP contribution in [0.1, 0.15) is 76.8 Å². The highest BCUT2D eigenvalue weighted by Gasteiger charge is 2.45. The van der Waals surface area contributed by atoms with Gasteiger partial charge in [-0.2, -0.15) is 10.4 Å². The standard InChI is InChI=1S/C46H43N9O7/c47-24-30-6-3-8-32(22-30)36-13-16-41(58)54(52-36)27-31-7-4-9-33(23-31)43-48-25-34(26-49-43)62-28-29-17-20-53(21-18-29)19-2-1-12-39(56)50-37-11-5-10-35-42(37)46(61)55(45(35)60)38-14-15-40(57)51-44(38)59/h3-11,13,16,22-23,25-26,29,38H,1-2,12,14-15,17-21,27-28H2,(H,50,56)(H,51,57,59). The number of aromatic nitrogens is 4. The van der Waals surface area contributed by atoms with E-state index in [0.29, 0.717) is 41.8 Å². The van der Waals surface area contributed by atoms with Crippen molar-refractivity contribution in [3.8, 4) is 34.5 Å². The summed E-state index contributed by atoms with van der Waals surface area (Å²) in [6.45, 7) is 3.49. The van der Waals surface area contributed by atoms with Crippen molar-refractivity contribution < 1.29 is 28.7 Å². The number of piperidine rings is 2. The van der Waals surface area contributed by atoms with Gasteiger partial charge in [-0.1, -0.05) is 36.4 Å². The number of nitriles is 1.